The average molecular weight is 329 g/mol. The molecule has 2 aromatic rings. The van der Waals surface area contributed by atoms with E-state index in [-0.39, 0.29) is 4.90 Å². The number of benzene rings is 2. The number of sulfonamides is 1. The molecule has 0 heterocycles. The molecule has 1 unspecified atom stereocenters. The maximum absolute atomic E-state index is 12.2. The summed E-state index contributed by atoms with van der Waals surface area (Å²) in [6, 6.07) is 17.7. The molecule has 0 amide bonds. The fourth-order valence-electron chi connectivity index (χ4n) is 2.05. The highest BCUT2D eigenvalue weighted by molar-refractivity contribution is 7.89. The molecule has 1 atom stereocenters. The smallest absolute Gasteiger partial charge is 0.227 e. The first-order chi connectivity index (χ1) is 11.0. The Hall–Kier alpha value is -2.20. The van der Waals surface area contributed by atoms with E-state index in [4.69, 9.17) is 5.26 Å². The van der Waals surface area contributed by atoms with Gasteiger partial charge in [-0.15, -0.1) is 4.83 Å². The largest absolute Gasteiger partial charge is 0.253 e. The predicted molar refractivity (Wildman–Crippen MR) is 88.8 cm³/mol. The molecule has 5 nitrogen and oxygen atoms in total. The van der Waals surface area contributed by atoms with Crippen LogP contribution >= 0.6 is 0 Å². The van der Waals surface area contributed by atoms with E-state index in [9.17, 15) is 8.42 Å². The van der Waals surface area contributed by atoms with Gasteiger partial charge in [-0.1, -0.05) is 48.0 Å². The molecule has 0 aliphatic carbocycles. The first kappa shape index (κ1) is 17.2. The molecular formula is C17H19N3O2S. The standard InChI is InChI=1S/C17H19N3O2S/c1-14-7-11-17(12-8-14)23(21,22)20-19-16(13-18)10-9-15-5-3-2-4-6-15/h2-8,11-12,16,19-20H,9-10H2,1H3. The van der Waals surface area contributed by atoms with Crippen LogP contribution in [0.2, 0.25) is 0 Å². The van der Waals surface area contributed by atoms with Crippen LogP contribution < -0.4 is 10.3 Å². The molecule has 0 saturated heterocycles. The Morgan fingerprint density at radius 2 is 1.74 bits per heavy atom. The summed E-state index contributed by atoms with van der Waals surface area (Å²) >= 11 is 0. The second kappa shape index (κ2) is 7.88. The molecule has 0 aromatic heterocycles. The van der Waals surface area contributed by atoms with Gasteiger partial charge in [-0.2, -0.15) is 5.26 Å². The van der Waals surface area contributed by atoms with Gasteiger partial charge in [0.1, 0.15) is 6.04 Å². The van der Waals surface area contributed by atoms with Gasteiger partial charge in [0.05, 0.1) is 11.0 Å². The molecule has 0 bridgehead atoms. The minimum Gasteiger partial charge on any atom is -0.227 e. The molecule has 0 radical (unpaired) electrons. The zero-order valence-electron chi connectivity index (χ0n) is 12.9. The minimum absolute atomic E-state index is 0.162. The van der Waals surface area contributed by atoms with Crippen LogP contribution in [0.15, 0.2) is 59.5 Å². The molecule has 6 heteroatoms. The normalized spacial score (nSPS) is 12.5. The molecule has 2 aromatic carbocycles. The van der Waals surface area contributed by atoms with Crippen molar-refractivity contribution >= 4 is 10.0 Å². The summed E-state index contributed by atoms with van der Waals surface area (Å²) in [5, 5.41) is 9.16. The number of hydrazine groups is 1. The van der Waals surface area contributed by atoms with E-state index in [0.717, 1.165) is 11.1 Å². The van der Waals surface area contributed by atoms with E-state index in [1.165, 1.54) is 12.1 Å². The summed E-state index contributed by atoms with van der Waals surface area (Å²) < 4.78 is 24.3. The lowest BCUT2D eigenvalue weighted by Gasteiger charge is -2.13. The lowest BCUT2D eigenvalue weighted by atomic mass is 10.1. The third-order valence-electron chi connectivity index (χ3n) is 3.42. The summed E-state index contributed by atoms with van der Waals surface area (Å²) in [6.07, 6.45) is 1.20. The lowest BCUT2D eigenvalue weighted by molar-refractivity contribution is 0.514. The maximum atomic E-state index is 12.2. The van der Waals surface area contributed by atoms with Gasteiger partial charge in [-0.25, -0.2) is 13.8 Å². The highest BCUT2D eigenvalue weighted by atomic mass is 32.2. The highest BCUT2D eigenvalue weighted by Gasteiger charge is 2.16. The second-order valence-electron chi connectivity index (χ2n) is 5.27. The van der Waals surface area contributed by atoms with E-state index in [0.29, 0.717) is 12.8 Å². The summed E-state index contributed by atoms with van der Waals surface area (Å²) in [7, 11) is -3.68. The van der Waals surface area contributed by atoms with E-state index >= 15 is 0 Å². The van der Waals surface area contributed by atoms with Crippen LogP contribution in [0.25, 0.3) is 0 Å². The Kier molecular flexibility index (Phi) is 5.88. The van der Waals surface area contributed by atoms with Crippen molar-refractivity contribution in [3.8, 4) is 6.07 Å². The molecule has 0 fully saturated rings. The number of nitrogens with zero attached hydrogens (tertiary/aromatic N) is 1. The molecular weight excluding hydrogens is 310 g/mol. The second-order valence-corrected chi connectivity index (χ2v) is 6.95. The summed E-state index contributed by atoms with van der Waals surface area (Å²) in [5.74, 6) is 0. The van der Waals surface area contributed by atoms with Crippen molar-refractivity contribution in [2.75, 3.05) is 0 Å². The van der Waals surface area contributed by atoms with E-state index in [1.807, 2.05) is 37.3 Å². The van der Waals surface area contributed by atoms with Crippen molar-refractivity contribution in [1.82, 2.24) is 10.3 Å². The Labute approximate surface area is 137 Å². The van der Waals surface area contributed by atoms with Crippen molar-refractivity contribution < 1.29 is 8.42 Å². The molecule has 2 rings (SSSR count). The summed E-state index contributed by atoms with van der Waals surface area (Å²) in [4.78, 5) is 2.44. The van der Waals surface area contributed by atoms with Crippen LogP contribution in [0, 0.1) is 18.3 Å². The van der Waals surface area contributed by atoms with Gasteiger partial charge in [-0.05, 0) is 37.5 Å². The maximum Gasteiger partial charge on any atom is 0.253 e. The molecule has 0 aliphatic heterocycles. The zero-order valence-corrected chi connectivity index (χ0v) is 13.7. The van der Waals surface area contributed by atoms with Gasteiger partial charge < -0.3 is 0 Å². The summed E-state index contributed by atoms with van der Waals surface area (Å²) in [5.41, 5.74) is 4.68. The average Bonchev–Trinajstić information content (AvgIpc) is 2.56. The Morgan fingerprint density at radius 1 is 1.09 bits per heavy atom. The van der Waals surface area contributed by atoms with Gasteiger partial charge in [0, 0.05) is 0 Å². The monoisotopic (exact) mass is 329 g/mol. The molecule has 0 spiro atoms. The van der Waals surface area contributed by atoms with Crippen molar-refractivity contribution in [2.24, 2.45) is 0 Å². The fourth-order valence-corrected chi connectivity index (χ4v) is 2.96. The van der Waals surface area contributed by atoms with Crippen LogP contribution in [-0.2, 0) is 16.4 Å². The van der Waals surface area contributed by atoms with Gasteiger partial charge in [0.25, 0.3) is 10.0 Å². The van der Waals surface area contributed by atoms with E-state index in [2.05, 4.69) is 16.3 Å². The van der Waals surface area contributed by atoms with Gasteiger partial charge in [0.2, 0.25) is 0 Å². The summed E-state index contributed by atoms with van der Waals surface area (Å²) in [6.45, 7) is 1.89. The SMILES string of the molecule is Cc1ccc(S(=O)(=O)NNC(C#N)CCc2ccccc2)cc1. The fraction of sp³-hybridized carbons (Fsp3) is 0.235. The Balaban J connectivity index is 1.92. The van der Waals surface area contributed by atoms with Crippen LogP contribution in [0.4, 0.5) is 0 Å². The van der Waals surface area contributed by atoms with Gasteiger partial charge in [0.15, 0.2) is 0 Å². The molecule has 120 valence electrons. The van der Waals surface area contributed by atoms with Crippen LogP contribution in [0.5, 0.6) is 0 Å². The van der Waals surface area contributed by atoms with Crippen molar-refractivity contribution in [1.29, 1.82) is 5.26 Å². The Morgan fingerprint density at radius 3 is 2.35 bits per heavy atom. The van der Waals surface area contributed by atoms with E-state index < -0.39 is 16.1 Å². The number of hydrogen-bond acceptors (Lipinski definition) is 4. The minimum atomic E-state index is -3.68. The number of hydrogen-bond donors (Lipinski definition) is 2. The molecule has 23 heavy (non-hydrogen) atoms. The molecule has 0 aliphatic rings. The van der Waals surface area contributed by atoms with Crippen molar-refractivity contribution in [3.05, 3.63) is 65.7 Å². The van der Waals surface area contributed by atoms with E-state index in [1.54, 1.807) is 12.1 Å². The van der Waals surface area contributed by atoms with Crippen LogP contribution in [-0.4, -0.2) is 14.5 Å². The third-order valence-corrected chi connectivity index (χ3v) is 4.70. The molecule has 2 N–H and O–H groups in total. The number of rotatable bonds is 7. The number of nitriles is 1. The topological polar surface area (TPSA) is 82.0 Å². The Bertz CT molecular complexity index is 766. The first-order valence-corrected chi connectivity index (χ1v) is 8.77. The van der Waals surface area contributed by atoms with Crippen molar-refractivity contribution in [2.45, 2.75) is 30.7 Å². The molecule has 0 saturated carbocycles. The highest BCUT2D eigenvalue weighted by Crippen LogP contribution is 2.09. The van der Waals surface area contributed by atoms with Gasteiger partial charge >= 0.3 is 0 Å². The van der Waals surface area contributed by atoms with Gasteiger partial charge in [-0.3, -0.25) is 0 Å². The zero-order chi connectivity index (χ0) is 16.7. The predicted octanol–water partition coefficient (Wildman–Crippen LogP) is 2.30. The quantitative estimate of drug-likeness (QED) is 0.764. The van der Waals surface area contributed by atoms with Crippen LogP contribution in [0.3, 0.4) is 0 Å². The first-order valence-electron chi connectivity index (χ1n) is 7.29. The number of nitrogens with one attached hydrogen (secondary N) is 2. The number of aryl methyl sites for hydroxylation is 2. The third kappa shape index (κ3) is 5.18. The lowest BCUT2D eigenvalue weighted by Crippen LogP contribution is -2.43. The van der Waals surface area contributed by atoms with Crippen molar-refractivity contribution in [3.63, 3.8) is 0 Å². The van der Waals surface area contributed by atoms with Crippen LogP contribution in [0.1, 0.15) is 17.5 Å².